The summed E-state index contributed by atoms with van der Waals surface area (Å²) in [6, 6.07) is 0. The van der Waals surface area contributed by atoms with Crippen LogP contribution in [0.2, 0.25) is 0 Å². The maximum atomic E-state index is 11.9. The molecule has 0 aromatic heterocycles. The molecule has 1 heterocycles. The maximum absolute atomic E-state index is 11.9. The van der Waals surface area contributed by atoms with E-state index >= 15 is 0 Å². The first kappa shape index (κ1) is 14.3. The zero-order chi connectivity index (χ0) is 14.2. The highest BCUT2D eigenvalue weighted by molar-refractivity contribution is 7.89. The van der Waals surface area contributed by atoms with Crippen LogP contribution in [0.15, 0.2) is 0 Å². The van der Waals surface area contributed by atoms with Crippen LogP contribution >= 0.6 is 0 Å². The van der Waals surface area contributed by atoms with Crippen molar-refractivity contribution >= 4 is 15.9 Å². The molecule has 1 saturated heterocycles. The second-order valence-corrected chi connectivity index (χ2v) is 8.65. The van der Waals surface area contributed by atoms with E-state index in [1.807, 2.05) is 0 Å². The average molecular weight is 300 g/mol. The first-order valence-electron chi connectivity index (χ1n) is 7.79. The number of nitrogens with one attached hydrogen (secondary N) is 1. The fraction of sp³-hybridized carbons (Fsp3) is 0.929. The van der Waals surface area contributed by atoms with E-state index in [1.165, 1.54) is 30.0 Å². The fourth-order valence-electron chi connectivity index (χ4n) is 4.20. The zero-order valence-corrected chi connectivity index (χ0v) is 12.7. The van der Waals surface area contributed by atoms with Crippen molar-refractivity contribution in [3.63, 3.8) is 0 Å². The predicted molar refractivity (Wildman–Crippen MR) is 76.5 cm³/mol. The Bertz CT molecular complexity index is 477. The van der Waals surface area contributed by atoms with Gasteiger partial charge in [0, 0.05) is 26.1 Å². The Morgan fingerprint density at radius 1 is 1.25 bits per heavy atom. The molecule has 3 fully saturated rings. The van der Waals surface area contributed by atoms with Crippen LogP contribution in [0.5, 0.6) is 0 Å². The van der Waals surface area contributed by atoms with E-state index in [4.69, 9.17) is 0 Å². The third-order valence-electron chi connectivity index (χ3n) is 5.22. The van der Waals surface area contributed by atoms with Gasteiger partial charge in [0.2, 0.25) is 15.9 Å². The first-order valence-corrected chi connectivity index (χ1v) is 9.40. The highest BCUT2D eigenvalue weighted by Crippen LogP contribution is 2.49. The lowest BCUT2D eigenvalue weighted by molar-refractivity contribution is -0.122. The van der Waals surface area contributed by atoms with Gasteiger partial charge in [0.1, 0.15) is 0 Å². The molecule has 0 spiro atoms. The third kappa shape index (κ3) is 3.01. The van der Waals surface area contributed by atoms with Gasteiger partial charge in [-0.05, 0) is 43.4 Å². The zero-order valence-electron chi connectivity index (χ0n) is 11.9. The van der Waals surface area contributed by atoms with Gasteiger partial charge in [-0.3, -0.25) is 4.79 Å². The van der Waals surface area contributed by atoms with Gasteiger partial charge in [-0.15, -0.1) is 0 Å². The molecule has 2 bridgehead atoms. The Morgan fingerprint density at radius 2 is 2.10 bits per heavy atom. The minimum Gasteiger partial charge on any atom is -0.355 e. The molecule has 5 nitrogen and oxygen atoms in total. The van der Waals surface area contributed by atoms with Gasteiger partial charge in [-0.25, -0.2) is 12.7 Å². The summed E-state index contributed by atoms with van der Waals surface area (Å²) in [5, 5.41) is 2.89. The van der Waals surface area contributed by atoms with Crippen LogP contribution in [0, 0.1) is 17.8 Å². The average Bonchev–Trinajstić information content (AvgIpc) is 3.05. The van der Waals surface area contributed by atoms with Crippen LogP contribution in [0.25, 0.3) is 0 Å². The number of amides is 1. The number of carbonyl (C=O) groups excluding carboxylic acids is 1. The number of carbonyl (C=O) groups is 1. The molecule has 0 radical (unpaired) electrons. The van der Waals surface area contributed by atoms with Gasteiger partial charge >= 0.3 is 0 Å². The fourth-order valence-corrected chi connectivity index (χ4v) is 5.73. The number of hydrogen-bond acceptors (Lipinski definition) is 3. The van der Waals surface area contributed by atoms with Crippen LogP contribution in [-0.2, 0) is 14.8 Å². The second kappa shape index (κ2) is 5.64. The highest BCUT2D eigenvalue weighted by Gasteiger charge is 2.40. The predicted octanol–water partition coefficient (Wildman–Crippen LogP) is 0.964. The summed E-state index contributed by atoms with van der Waals surface area (Å²) in [5.74, 6) is 2.56. The molecule has 1 N–H and O–H groups in total. The second-order valence-electron chi connectivity index (χ2n) is 6.56. The number of fused-ring (bicyclic) bond motifs is 2. The molecular weight excluding hydrogens is 276 g/mol. The van der Waals surface area contributed by atoms with Crippen molar-refractivity contribution in [2.24, 2.45) is 17.8 Å². The molecule has 2 aliphatic carbocycles. The number of hydrogen-bond donors (Lipinski definition) is 1. The summed E-state index contributed by atoms with van der Waals surface area (Å²) < 4.78 is 24.7. The standard InChI is InChI=1S/C14H24N2O3S/c17-14(10-13-9-11-2-3-12(13)8-11)15-4-6-16-5-1-7-20(16,18)19/h11-13H,1-10H2,(H,15,17). The lowest BCUT2D eigenvalue weighted by Gasteiger charge is -2.21. The maximum Gasteiger partial charge on any atom is 0.220 e. The van der Waals surface area contributed by atoms with E-state index in [-0.39, 0.29) is 11.7 Å². The van der Waals surface area contributed by atoms with Gasteiger partial charge in [0.25, 0.3) is 0 Å². The van der Waals surface area contributed by atoms with E-state index in [0.29, 0.717) is 38.4 Å². The van der Waals surface area contributed by atoms with Crippen LogP contribution in [0.3, 0.4) is 0 Å². The van der Waals surface area contributed by atoms with Crippen LogP contribution < -0.4 is 5.32 Å². The van der Waals surface area contributed by atoms with Crippen molar-refractivity contribution in [2.45, 2.75) is 38.5 Å². The smallest absolute Gasteiger partial charge is 0.220 e. The van der Waals surface area contributed by atoms with E-state index < -0.39 is 10.0 Å². The van der Waals surface area contributed by atoms with Crippen molar-refractivity contribution in [3.05, 3.63) is 0 Å². The van der Waals surface area contributed by atoms with Crippen LogP contribution in [0.1, 0.15) is 38.5 Å². The monoisotopic (exact) mass is 300 g/mol. The minimum atomic E-state index is -3.03. The SMILES string of the molecule is O=C(CC1CC2CCC1C2)NCCN1CCCS1(=O)=O. The van der Waals surface area contributed by atoms with Gasteiger partial charge in [-0.2, -0.15) is 0 Å². The Kier molecular flexibility index (Phi) is 4.04. The van der Waals surface area contributed by atoms with Crippen LogP contribution in [0.4, 0.5) is 0 Å². The number of rotatable bonds is 5. The van der Waals surface area contributed by atoms with Crippen molar-refractivity contribution in [3.8, 4) is 0 Å². The number of sulfonamides is 1. The molecule has 6 heteroatoms. The van der Waals surface area contributed by atoms with Crippen LogP contribution in [-0.4, -0.2) is 44.0 Å². The van der Waals surface area contributed by atoms with E-state index in [0.717, 1.165) is 11.8 Å². The Hall–Kier alpha value is -0.620. The summed E-state index contributed by atoms with van der Waals surface area (Å²) in [6.07, 6.45) is 6.54. The van der Waals surface area contributed by atoms with E-state index in [2.05, 4.69) is 5.32 Å². The summed E-state index contributed by atoms with van der Waals surface area (Å²) >= 11 is 0. The lowest BCUT2D eigenvalue weighted by atomic mass is 9.86. The minimum absolute atomic E-state index is 0.0964. The molecule has 3 atom stereocenters. The van der Waals surface area contributed by atoms with Gasteiger partial charge in [0.15, 0.2) is 0 Å². The molecule has 3 rings (SSSR count). The highest BCUT2D eigenvalue weighted by atomic mass is 32.2. The molecule has 1 amide bonds. The van der Waals surface area contributed by atoms with Gasteiger partial charge in [0.05, 0.1) is 5.75 Å². The molecule has 3 unspecified atom stereocenters. The lowest BCUT2D eigenvalue weighted by Crippen LogP contribution is -2.36. The van der Waals surface area contributed by atoms with E-state index in [9.17, 15) is 13.2 Å². The van der Waals surface area contributed by atoms with Gasteiger partial charge < -0.3 is 5.32 Å². The molecule has 0 aromatic rings. The van der Waals surface area contributed by atoms with Crippen molar-refractivity contribution < 1.29 is 13.2 Å². The quantitative estimate of drug-likeness (QED) is 0.822. The molecule has 2 saturated carbocycles. The van der Waals surface area contributed by atoms with Crippen molar-refractivity contribution in [1.29, 1.82) is 0 Å². The number of nitrogens with zero attached hydrogens (tertiary/aromatic N) is 1. The largest absolute Gasteiger partial charge is 0.355 e. The molecule has 114 valence electrons. The summed E-state index contributed by atoms with van der Waals surface area (Å²) in [6.45, 7) is 1.47. The topological polar surface area (TPSA) is 66.5 Å². The normalized spacial score (nSPS) is 35.5. The first-order chi connectivity index (χ1) is 9.54. The third-order valence-corrected chi connectivity index (χ3v) is 7.18. The Morgan fingerprint density at radius 3 is 2.70 bits per heavy atom. The van der Waals surface area contributed by atoms with Gasteiger partial charge in [-0.1, -0.05) is 6.42 Å². The van der Waals surface area contributed by atoms with Crippen molar-refractivity contribution in [1.82, 2.24) is 9.62 Å². The Labute approximate surface area is 121 Å². The van der Waals surface area contributed by atoms with E-state index in [1.54, 1.807) is 0 Å². The molecule has 1 aliphatic heterocycles. The van der Waals surface area contributed by atoms with Crippen molar-refractivity contribution in [2.75, 3.05) is 25.4 Å². The molecular formula is C14H24N2O3S. The Balaban J connectivity index is 1.37. The summed E-state index contributed by atoms with van der Waals surface area (Å²) in [7, 11) is -3.03. The molecule has 3 aliphatic rings. The summed E-state index contributed by atoms with van der Waals surface area (Å²) in [5.41, 5.74) is 0. The molecule has 20 heavy (non-hydrogen) atoms. The molecule has 0 aromatic carbocycles. The summed E-state index contributed by atoms with van der Waals surface area (Å²) in [4.78, 5) is 11.9.